The third-order valence-corrected chi connectivity index (χ3v) is 12.0. The first-order chi connectivity index (χ1) is 15.5. The Balaban J connectivity index is 1.46. The molecule has 0 atom stereocenters. The molecule has 0 saturated heterocycles. The van der Waals surface area contributed by atoms with Gasteiger partial charge in [-0.25, -0.2) is 0 Å². The van der Waals surface area contributed by atoms with Gasteiger partial charge < -0.3 is 0 Å². The fourth-order valence-corrected chi connectivity index (χ4v) is 10.0. The van der Waals surface area contributed by atoms with E-state index in [1.807, 2.05) is 30.6 Å². The number of anilines is 3. The summed E-state index contributed by atoms with van der Waals surface area (Å²) in [6.45, 7) is 4.58. The number of ketones is 2. The van der Waals surface area contributed by atoms with Crippen molar-refractivity contribution in [1.82, 2.24) is 9.97 Å². The molecule has 2 aliphatic rings. The van der Waals surface area contributed by atoms with Crippen molar-refractivity contribution >= 4 is 78.1 Å². The van der Waals surface area contributed by atoms with E-state index in [0.717, 1.165) is 31.0 Å². The van der Waals surface area contributed by atoms with Gasteiger partial charge in [-0.15, -0.1) is 0 Å². The topological polar surface area (TPSA) is 63.2 Å². The average molecular weight is 519 g/mol. The van der Waals surface area contributed by atoms with Gasteiger partial charge in [0.2, 0.25) is 0 Å². The van der Waals surface area contributed by atoms with Gasteiger partial charge in [0.05, 0.1) is 0 Å². The van der Waals surface area contributed by atoms with Crippen LogP contribution in [0.4, 0.5) is 15.9 Å². The van der Waals surface area contributed by atoms with E-state index < -0.39 is 8.07 Å². The molecule has 0 spiro atoms. The number of carbonyl (C=O) groups excluding carboxylic acids is 2. The van der Waals surface area contributed by atoms with E-state index in [1.165, 1.54) is 11.3 Å². The molecule has 6 rings (SSSR count). The van der Waals surface area contributed by atoms with Crippen molar-refractivity contribution < 1.29 is 9.59 Å². The zero-order chi connectivity index (χ0) is 22.0. The van der Waals surface area contributed by atoms with Gasteiger partial charge in [0.25, 0.3) is 0 Å². The third kappa shape index (κ3) is 2.74. The monoisotopic (exact) mass is 519 g/mol. The van der Waals surface area contributed by atoms with Crippen LogP contribution in [-0.2, 0) is 0 Å². The predicted molar refractivity (Wildman–Crippen MR) is 131 cm³/mol. The van der Waals surface area contributed by atoms with Crippen molar-refractivity contribution in [3.63, 3.8) is 0 Å². The summed E-state index contributed by atoms with van der Waals surface area (Å²) in [6.07, 6.45) is 5.51. The molecule has 1 aliphatic carbocycles. The number of hydrogen-bond donors (Lipinski definition) is 0. The molecule has 0 unspecified atom stereocenters. The van der Waals surface area contributed by atoms with Crippen molar-refractivity contribution in [2.75, 3.05) is 4.90 Å². The molecule has 156 valence electrons. The number of nitrogens with zero attached hydrogens (tertiary/aromatic N) is 3. The van der Waals surface area contributed by atoms with Crippen LogP contribution in [0.3, 0.4) is 0 Å². The Morgan fingerprint density at radius 3 is 2.09 bits per heavy atom. The van der Waals surface area contributed by atoms with Crippen molar-refractivity contribution in [3.05, 3.63) is 80.7 Å². The van der Waals surface area contributed by atoms with Gasteiger partial charge >= 0.3 is 196 Å². The molecule has 0 aromatic carbocycles. The molecule has 4 aromatic heterocycles. The number of aromatic nitrogens is 2. The first-order valence-corrected chi connectivity index (χ1v) is 15.8. The second kappa shape index (κ2) is 7.05. The second-order valence-electron chi connectivity index (χ2n) is 8.29. The molecule has 0 N–H and O–H groups in total. The molecule has 0 radical (unpaired) electrons. The molecule has 5 heterocycles. The summed E-state index contributed by atoms with van der Waals surface area (Å²) < 4.78 is 2.15. The van der Waals surface area contributed by atoms with Crippen LogP contribution >= 0.6 is 11.3 Å². The van der Waals surface area contributed by atoms with Gasteiger partial charge in [-0.05, 0) is 0 Å². The van der Waals surface area contributed by atoms with Crippen LogP contribution in [0.5, 0.6) is 0 Å². The second-order valence-corrected chi connectivity index (χ2v) is 15.5. The Morgan fingerprint density at radius 2 is 1.50 bits per heavy atom. The number of fused-ring (bicyclic) bond motifs is 3. The van der Waals surface area contributed by atoms with E-state index in [0.29, 0.717) is 11.1 Å². The van der Waals surface area contributed by atoms with Crippen LogP contribution in [-0.4, -0.2) is 44.1 Å². The Hall–Kier alpha value is -2.90. The van der Waals surface area contributed by atoms with E-state index in [9.17, 15) is 9.59 Å². The number of rotatable bonds is 2. The minimum atomic E-state index is -2.02. The first kappa shape index (κ1) is 19.8. The van der Waals surface area contributed by atoms with Gasteiger partial charge in [0.15, 0.2) is 0 Å². The molecule has 1 aliphatic heterocycles. The normalized spacial score (nSPS) is 16.1. The number of Topliss-reactive ketones (excluding diaryl/α,β-unsaturated/α-hetero) is 2. The summed E-state index contributed by atoms with van der Waals surface area (Å²) in [6, 6.07) is 12.3. The summed E-state index contributed by atoms with van der Waals surface area (Å²) in [5.41, 5.74) is 3.56. The molecule has 0 saturated carbocycles. The zero-order valence-electron chi connectivity index (χ0n) is 17.3. The maximum absolute atomic E-state index is 12.7. The molecular weight excluding hydrogens is 501 g/mol. The SMILES string of the molecule is C[Si]1(C)c2ncccc2N(c2ccc(C=C3C(=O)c4cscc4C3=O)[se]2)c2cccnc21. The van der Waals surface area contributed by atoms with Crippen LogP contribution in [0.2, 0.25) is 13.1 Å². The summed E-state index contributed by atoms with van der Waals surface area (Å²) in [7, 11) is -2.02. The molecule has 0 bridgehead atoms. The Morgan fingerprint density at radius 1 is 0.906 bits per heavy atom. The van der Waals surface area contributed by atoms with E-state index in [2.05, 4.69) is 36.2 Å². The van der Waals surface area contributed by atoms with Gasteiger partial charge in [-0.3, -0.25) is 0 Å². The van der Waals surface area contributed by atoms with Crippen molar-refractivity contribution in [3.8, 4) is 0 Å². The molecule has 0 amide bonds. The van der Waals surface area contributed by atoms with Gasteiger partial charge in [0, 0.05) is 0 Å². The van der Waals surface area contributed by atoms with E-state index in [1.54, 1.807) is 16.8 Å². The summed E-state index contributed by atoms with van der Waals surface area (Å²) in [4.78, 5) is 37.2. The Kier molecular flexibility index (Phi) is 4.35. The number of thiophene rings is 1. The minimum absolute atomic E-state index is 0.0635. The van der Waals surface area contributed by atoms with Crippen LogP contribution in [0.25, 0.3) is 6.08 Å². The predicted octanol–water partition coefficient (Wildman–Crippen LogP) is 3.66. The van der Waals surface area contributed by atoms with Crippen molar-refractivity contribution in [2.45, 2.75) is 13.1 Å². The summed E-state index contributed by atoms with van der Waals surface area (Å²) in [5.74, 6) is -0.322. The summed E-state index contributed by atoms with van der Waals surface area (Å²) >= 11 is 1.33. The number of hydrogen-bond acceptors (Lipinski definition) is 6. The van der Waals surface area contributed by atoms with Crippen LogP contribution < -0.4 is 15.5 Å². The molecule has 0 fully saturated rings. The number of carbonyl (C=O) groups is 2. The van der Waals surface area contributed by atoms with Crippen molar-refractivity contribution in [1.29, 1.82) is 0 Å². The Labute approximate surface area is 195 Å². The fourth-order valence-electron chi connectivity index (χ4n) is 4.45. The quantitative estimate of drug-likeness (QED) is 0.230. The van der Waals surface area contributed by atoms with Crippen LogP contribution in [0.15, 0.2) is 65.1 Å². The van der Waals surface area contributed by atoms with Gasteiger partial charge in [0.1, 0.15) is 0 Å². The number of pyridine rings is 2. The molecule has 8 heteroatoms. The van der Waals surface area contributed by atoms with E-state index >= 15 is 0 Å². The van der Waals surface area contributed by atoms with Gasteiger partial charge in [-0.2, -0.15) is 0 Å². The average Bonchev–Trinajstić information content (AvgIpc) is 3.51. The van der Waals surface area contributed by atoms with Crippen LogP contribution in [0.1, 0.15) is 25.2 Å². The summed E-state index contributed by atoms with van der Waals surface area (Å²) in [5, 5.41) is 5.78. The Bertz CT molecular complexity index is 1390. The van der Waals surface area contributed by atoms with Gasteiger partial charge in [-0.1, -0.05) is 0 Å². The molecular formula is C24H17N3O2SSeSi. The maximum atomic E-state index is 12.7. The molecule has 32 heavy (non-hydrogen) atoms. The van der Waals surface area contributed by atoms with Crippen molar-refractivity contribution in [2.24, 2.45) is 0 Å². The van der Waals surface area contributed by atoms with E-state index in [-0.39, 0.29) is 31.6 Å². The molecule has 5 nitrogen and oxygen atoms in total. The fraction of sp³-hybridized carbons (Fsp3) is 0.0833. The van der Waals surface area contributed by atoms with E-state index in [4.69, 9.17) is 9.97 Å². The third-order valence-electron chi connectivity index (χ3n) is 6.00. The number of allylic oxidation sites excluding steroid dienone is 1. The zero-order valence-corrected chi connectivity index (χ0v) is 20.9. The van der Waals surface area contributed by atoms with Crippen LogP contribution in [0, 0.1) is 0 Å². The molecule has 4 aromatic rings. The first-order valence-electron chi connectivity index (χ1n) is 10.1. The standard InChI is InChI=1S/C24H17N3O2SSeSi/c1-32(2)23-18(5-3-9-25-23)27(19-6-4-10-26-24(19)32)20-8-7-14(31-20)11-15-21(28)16-12-30-13-17(16)22(15)29/h3-13H,1-2H3.